The van der Waals surface area contributed by atoms with E-state index in [1.807, 2.05) is 0 Å². The number of fused-ring (bicyclic) bond motifs is 1. The van der Waals surface area contributed by atoms with E-state index >= 15 is 0 Å². The Morgan fingerprint density at radius 3 is 2.67 bits per heavy atom. The summed E-state index contributed by atoms with van der Waals surface area (Å²) in [5.41, 5.74) is 0.695. The van der Waals surface area contributed by atoms with Crippen LogP contribution in [0.4, 0.5) is 8.78 Å². The van der Waals surface area contributed by atoms with Gasteiger partial charge < -0.3 is 14.4 Å². The lowest BCUT2D eigenvalue weighted by atomic mass is 10.3. The number of aliphatic hydroxyl groups is 1. The van der Waals surface area contributed by atoms with Crippen LogP contribution in [-0.4, -0.2) is 27.4 Å². The number of nitrogens with zero attached hydrogens (tertiary/aromatic N) is 2. The molecular formula is C16H12Cl2F2N2O2. The minimum absolute atomic E-state index is 0.0370. The van der Waals surface area contributed by atoms with E-state index in [9.17, 15) is 13.9 Å². The van der Waals surface area contributed by atoms with Crippen LogP contribution in [0.2, 0.25) is 10.0 Å². The fraction of sp³-hybridized carbons (Fsp3) is 0.188. The Kier molecular flexibility index (Phi) is 4.89. The molecule has 1 heterocycles. The lowest BCUT2D eigenvalue weighted by Gasteiger charge is -2.14. The number of hydrogen-bond acceptors (Lipinski definition) is 3. The summed E-state index contributed by atoms with van der Waals surface area (Å²) in [6.45, 7) is 0.0669. The Bertz CT molecular complexity index is 886. The first-order chi connectivity index (χ1) is 11.4. The second-order valence-corrected chi connectivity index (χ2v) is 6.04. The normalized spacial score (nSPS) is 12.5. The van der Waals surface area contributed by atoms with Gasteiger partial charge in [-0.05, 0) is 18.2 Å². The van der Waals surface area contributed by atoms with Gasteiger partial charge in [0, 0.05) is 17.2 Å². The van der Waals surface area contributed by atoms with E-state index in [1.54, 1.807) is 12.1 Å². The molecule has 1 unspecified atom stereocenters. The van der Waals surface area contributed by atoms with Crippen molar-refractivity contribution in [3.05, 3.63) is 58.3 Å². The fourth-order valence-corrected chi connectivity index (χ4v) is 2.72. The molecule has 0 amide bonds. The topological polar surface area (TPSA) is 47.3 Å². The Labute approximate surface area is 146 Å². The summed E-state index contributed by atoms with van der Waals surface area (Å²) in [6.07, 6.45) is 0.504. The number of aliphatic hydroxyl groups excluding tert-OH is 1. The van der Waals surface area contributed by atoms with Gasteiger partial charge in [0.05, 0.1) is 28.9 Å². The zero-order chi connectivity index (χ0) is 17.3. The van der Waals surface area contributed by atoms with Crippen LogP contribution in [0, 0.1) is 11.6 Å². The summed E-state index contributed by atoms with van der Waals surface area (Å²) >= 11 is 11.8. The van der Waals surface area contributed by atoms with Gasteiger partial charge in [-0.3, -0.25) is 0 Å². The Morgan fingerprint density at radius 2 is 1.92 bits per heavy atom. The van der Waals surface area contributed by atoms with Gasteiger partial charge in [-0.2, -0.15) is 0 Å². The maximum absolute atomic E-state index is 13.4. The highest BCUT2D eigenvalue weighted by Gasteiger charge is 2.13. The van der Waals surface area contributed by atoms with Gasteiger partial charge in [-0.15, -0.1) is 0 Å². The number of rotatable bonds is 5. The molecule has 0 aliphatic rings. The molecule has 3 rings (SSSR count). The Morgan fingerprint density at radius 1 is 1.17 bits per heavy atom. The smallest absolute Gasteiger partial charge is 0.161 e. The zero-order valence-corrected chi connectivity index (χ0v) is 13.7. The zero-order valence-electron chi connectivity index (χ0n) is 12.2. The molecule has 0 spiro atoms. The average molecular weight is 373 g/mol. The van der Waals surface area contributed by atoms with Crippen LogP contribution in [-0.2, 0) is 6.54 Å². The second-order valence-electron chi connectivity index (χ2n) is 5.19. The van der Waals surface area contributed by atoms with Crippen molar-refractivity contribution in [2.75, 3.05) is 6.61 Å². The molecule has 0 bridgehead atoms. The molecule has 0 saturated carbocycles. The molecule has 3 aromatic rings. The molecule has 8 heteroatoms. The first kappa shape index (κ1) is 17.0. The molecule has 4 nitrogen and oxygen atoms in total. The van der Waals surface area contributed by atoms with Gasteiger partial charge in [0.1, 0.15) is 18.5 Å². The highest BCUT2D eigenvalue weighted by Crippen LogP contribution is 2.27. The predicted octanol–water partition coefficient (Wildman–Crippen LogP) is 4.06. The molecule has 0 saturated heterocycles. The summed E-state index contributed by atoms with van der Waals surface area (Å²) in [5.74, 6) is -1.54. The highest BCUT2D eigenvalue weighted by molar-refractivity contribution is 6.35. The van der Waals surface area contributed by atoms with Gasteiger partial charge in [0.25, 0.3) is 0 Å². The van der Waals surface area contributed by atoms with Crippen molar-refractivity contribution in [1.82, 2.24) is 9.55 Å². The quantitative estimate of drug-likeness (QED) is 0.734. The average Bonchev–Trinajstić information content (AvgIpc) is 2.89. The summed E-state index contributed by atoms with van der Waals surface area (Å²) in [7, 11) is 0. The van der Waals surface area contributed by atoms with Gasteiger partial charge in [0.15, 0.2) is 11.6 Å². The predicted molar refractivity (Wildman–Crippen MR) is 87.6 cm³/mol. The van der Waals surface area contributed by atoms with Crippen molar-refractivity contribution in [3.8, 4) is 5.75 Å². The van der Waals surface area contributed by atoms with Crippen LogP contribution in [0.3, 0.4) is 0 Å². The molecule has 1 atom stereocenters. The molecule has 0 radical (unpaired) electrons. The number of aromatic nitrogens is 2. The fourth-order valence-electron chi connectivity index (χ4n) is 2.26. The standard InChI is InChI=1S/C16H12Cl2F2N2O2/c17-9-1-2-16(11(18)3-9)24-7-10(23)6-22-8-21-14-4-12(19)13(20)5-15(14)22/h1-5,8,10,23H,6-7H2. The number of hydrogen-bond donors (Lipinski definition) is 1. The van der Waals surface area contributed by atoms with Gasteiger partial charge in [0.2, 0.25) is 0 Å². The van der Waals surface area contributed by atoms with Crippen molar-refractivity contribution >= 4 is 34.2 Å². The molecular weight excluding hydrogens is 361 g/mol. The maximum atomic E-state index is 13.4. The van der Waals surface area contributed by atoms with E-state index in [-0.39, 0.29) is 13.2 Å². The summed E-state index contributed by atoms with van der Waals surface area (Å²) < 4.78 is 33.5. The monoisotopic (exact) mass is 372 g/mol. The van der Waals surface area contributed by atoms with Crippen molar-refractivity contribution < 1.29 is 18.6 Å². The number of imidazole rings is 1. The lowest BCUT2D eigenvalue weighted by Crippen LogP contribution is -2.23. The minimum atomic E-state index is -0.970. The molecule has 2 aromatic carbocycles. The Hall–Kier alpha value is -1.89. The van der Waals surface area contributed by atoms with Crippen molar-refractivity contribution in [2.24, 2.45) is 0 Å². The van der Waals surface area contributed by atoms with Crippen LogP contribution in [0.5, 0.6) is 5.75 Å². The number of ether oxygens (including phenoxy) is 1. The number of benzene rings is 2. The minimum Gasteiger partial charge on any atom is -0.489 e. The van der Waals surface area contributed by atoms with E-state index in [0.29, 0.717) is 26.8 Å². The van der Waals surface area contributed by atoms with Crippen LogP contribution >= 0.6 is 23.2 Å². The number of halogens is 4. The molecule has 1 N–H and O–H groups in total. The summed E-state index contributed by atoms with van der Waals surface area (Å²) in [6, 6.07) is 6.81. The Balaban J connectivity index is 1.69. The van der Waals surface area contributed by atoms with E-state index < -0.39 is 17.7 Å². The van der Waals surface area contributed by atoms with Crippen molar-refractivity contribution in [3.63, 3.8) is 0 Å². The SMILES string of the molecule is OC(COc1ccc(Cl)cc1Cl)Cn1cnc2cc(F)c(F)cc21. The van der Waals surface area contributed by atoms with Crippen molar-refractivity contribution in [1.29, 1.82) is 0 Å². The molecule has 0 fully saturated rings. The van der Waals surface area contributed by atoms with Crippen molar-refractivity contribution in [2.45, 2.75) is 12.6 Å². The van der Waals surface area contributed by atoms with Gasteiger partial charge >= 0.3 is 0 Å². The van der Waals surface area contributed by atoms with E-state index in [4.69, 9.17) is 27.9 Å². The second kappa shape index (κ2) is 6.93. The highest BCUT2D eigenvalue weighted by atomic mass is 35.5. The molecule has 126 valence electrons. The molecule has 0 aliphatic heterocycles. The largest absolute Gasteiger partial charge is 0.489 e. The maximum Gasteiger partial charge on any atom is 0.161 e. The molecule has 24 heavy (non-hydrogen) atoms. The third-order valence-corrected chi connectivity index (χ3v) is 3.93. The lowest BCUT2D eigenvalue weighted by molar-refractivity contribution is 0.0934. The molecule has 1 aromatic heterocycles. The summed E-state index contributed by atoms with van der Waals surface area (Å²) in [4.78, 5) is 3.98. The first-order valence-electron chi connectivity index (χ1n) is 7.00. The third-order valence-electron chi connectivity index (χ3n) is 3.40. The van der Waals surface area contributed by atoms with Crippen LogP contribution in [0.1, 0.15) is 0 Å². The van der Waals surface area contributed by atoms with E-state index in [1.165, 1.54) is 17.0 Å². The third kappa shape index (κ3) is 3.61. The summed E-state index contributed by atoms with van der Waals surface area (Å²) in [5, 5.41) is 10.9. The van der Waals surface area contributed by atoms with Crippen LogP contribution in [0.15, 0.2) is 36.7 Å². The van der Waals surface area contributed by atoms with E-state index in [2.05, 4.69) is 4.98 Å². The van der Waals surface area contributed by atoms with E-state index in [0.717, 1.165) is 12.1 Å². The molecule has 0 aliphatic carbocycles. The van der Waals surface area contributed by atoms with Crippen LogP contribution < -0.4 is 4.74 Å². The van der Waals surface area contributed by atoms with Crippen LogP contribution in [0.25, 0.3) is 11.0 Å². The van der Waals surface area contributed by atoms with Gasteiger partial charge in [-0.1, -0.05) is 23.2 Å². The first-order valence-corrected chi connectivity index (χ1v) is 7.75. The van der Waals surface area contributed by atoms with Gasteiger partial charge in [-0.25, -0.2) is 13.8 Å².